The molecule has 0 N–H and O–H groups in total. The van der Waals surface area contributed by atoms with Gasteiger partial charge in [-0.25, -0.2) is 0 Å². The molecule has 1 fully saturated rings. The summed E-state index contributed by atoms with van der Waals surface area (Å²) < 4.78 is 1.75. The minimum absolute atomic E-state index is 0.119. The van der Waals surface area contributed by atoms with E-state index in [1.165, 1.54) is 11.9 Å². The summed E-state index contributed by atoms with van der Waals surface area (Å²) in [6.07, 6.45) is 12.8. The predicted molar refractivity (Wildman–Crippen MR) is 183 cm³/mol. The van der Waals surface area contributed by atoms with Gasteiger partial charge in [-0.1, -0.05) is 44.0 Å². The molecule has 0 atom stereocenters. The molecule has 0 aliphatic carbocycles. The zero-order valence-electron chi connectivity index (χ0n) is 25.3. The molecular weight excluding hydrogens is 530 g/mol. The molecule has 3 heterocycles. The van der Waals surface area contributed by atoms with E-state index in [0.717, 1.165) is 70.2 Å². The molecule has 0 radical (unpaired) electrons. The van der Waals surface area contributed by atoms with Crippen LogP contribution in [0, 0.1) is 0 Å². The van der Waals surface area contributed by atoms with E-state index in [0.29, 0.717) is 11.7 Å². The number of piperazine rings is 1. The number of allylic oxidation sites excluding steroid dienone is 5. The molecule has 1 aliphatic heterocycles. The zero-order valence-corrected chi connectivity index (χ0v) is 25.3. The molecule has 6 heteroatoms. The van der Waals surface area contributed by atoms with Crippen molar-refractivity contribution in [2.75, 3.05) is 26.2 Å². The van der Waals surface area contributed by atoms with Gasteiger partial charge in [0.25, 0.3) is 5.56 Å². The zero-order chi connectivity index (χ0) is 30.5. The maximum atomic E-state index is 13.5. The van der Waals surface area contributed by atoms with Crippen LogP contribution >= 0.6 is 0 Å². The number of benzene rings is 2. The fourth-order valence-corrected chi connectivity index (χ4v) is 5.67. The van der Waals surface area contributed by atoms with E-state index >= 15 is 0 Å². The summed E-state index contributed by atoms with van der Waals surface area (Å²) >= 11 is 0. The number of hydrogen-bond donors (Lipinski definition) is 0. The summed E-state index contributed by atoms with van der Waals surface area (Å²) in [5, 5.41) is 1.77. The molecular formula is C37H39N5O. The summed E-state index contributed by atoms with van der Waals surface area (Å²) in [5.41, 5.74) is 7.35. The molecule has 0 spiro atoms. The first-order chi connectivity index (χ1) is 20.8. The normalized spacial score (nSPS) is 15.1. The van der Waals surface area contributed by atoms with E-state index in [9.17, 15) is 4.79 Å². The predicted octanol–water partition coefficient (Wildman–Crippen LogP) is 7.38. The Balaban J connectivity index is 1.61. The fraction of sp³-hybridized carbons (Fsp3) is 0.216. The van der Waals surface area contributed by atoms with Gasteiger partial charge in [0.1, 0.15) is 0 Å². The Morgan fingerprint density at radius 1 is 0.930 bits per heavy atom. The summed E-state index contributed by atoms with van der Waals surface area (Å²) in [6.45, 7) is 22.4. The van der Waals surface area contributed by atoms with Crippen LogP contribution in [0.5, 0.6) is 0 Å². The number of nitrogens with zero attached hydrogens (tertiary/aromatic N) is 5. The van der Waals surface area contributed by atoms with Crippen molar-refractivity contribution in [3.63, 3.8) is 0 Å². The lowest BCUT2D eigenvalue weighted by Crippen LogP contribution is -2.48. The first kappa shape index (κ1) is 29.7. The Morgan fingerprint density at radius 2 is 1.67 bits per heavy atom. The smallest absolute Gasteiger partial charge is 0.255 e. The van der Waals surface area contributed by atoms with E-state index in [1.807, 2.05) is 36.5 Å². The Hall–Kier alpha value is -4.81. The van der Waals surface area contributed by atoms with Gasteiger partial charge in [0.15, 0.2) is 0 Å². The van der Waals surface area contributed by atoms with Crippen LogP contribution in [0.3, 0.4) is 0 Å². The quantitative estimate of drug-likeness (QED) is 0.120. The van der Waals surface area contributed by atoms with Crippen LogP contribution in [-0.2, 0) is 0 Å². The first-order valence-corrected chi connectivity index (χ1v) is 14.7. The molecule has 0 amide bonds. The highest BCUT2D eigenvalue weighted by atomic mass is 16.1. The van der Waals surface area contributed by atoms with E-state index in [4.69, 9.17) is 4.98 Å². The van der Waals surface area contributed by atoms with E-state index in [1.54, 1.807) is 22.9 Å². The standard InChI is InChI=1S/C37H39N5O/c1-7-28-11-12-29(22-32(28)24-38-9-3)30-13-16-35-34(23-30)37-31(25-39-35)14-17-36(43)42(37)33(8-2)15-10-27(6)41-20-18-40(19-21-41)26(4)5/h7-17,22-26H,1-3,18-21H2,4-6H3/b27-10+,33-15+,38-24?. The highest BCUT2D eigenvalue weighted by Crippen LogP contribution is 2.30. The number of aromatic nitrogens is 2. The molecule has 5 rings (SSSR count). The second-order valence-electron chi connectivity index (χ2n) is 11.0. The first-order valence-electron chi connectivity index (χ1n) is 14.7. The van der Waals surface area contributed by atoms with Gasteiger partial charge < -0.3 is 4.90 Å². The van der Waals surface area contributed by atoms with Crippen molar-refractivity contribution in [1.29, 1.82) is 0 Å². The number of pyridine rings is 2. The number of hydrogen-bond acceptors (Lipinski definition) is 5. The highest BCUT2D eigenvalue weighted by Gasteiger charge is 2.18. The summed E-state index contributed by atoms with van der Waals surface area (Å²) in [7, 11) is 0. The van der Waals surface area contributed by atoms with Gasteiger partial charge in [-0.15, -0.1) is 0 Å². The van der Waals surface area contributed by atoms with Gasteiger partial charge in [0.05, 0.1) is 11.0 Å². The minimum Gasteiger partial charge on any atom is -0.372 e. The average Bonchev–Trinajstić information content (AvgIpc) is 3.04. The maximum absolute atomic E-state index is 13.5. The van der Waals surface area contributed by atoms with Gasteiger partial charge in [-0.2, -0.15) is 0 Å². The molecule has 6 nitrogen and oxygen atoms in total. The third kappa shape index (κ3) is 6.20. The van der Waals surface area contributed by atoms with Gasteiger partial charge in [-0.05, 0) is 80.0 Å². The van der Waals surface area contributed by atoms with Crippen LogP contribution in [-0.4, -0.2) is 57.8 Å². The van der Waals surface area contributed by atoms with Crippen molar-refractivity contribution in [3.8, 4) is 11.1 Å². The number of fused-ring (bicyclic) bond motifs is 3. The lowest BCUT2D eigenvalue weighted by Gasteiger charge is -2.38. The summed E-state index contributed by atoms with van der Waals surface area (Å²) in [5.74, 6) is 0. The molecule has 2 aromatic heterocycles. The Labute approximate surface area is 254 Å². The number of aliphatic imine (C=N–C) groups is 1. The van der Waals surface area contributed by atoms with Crippen molar-refractivity contribution in [1.82, 2.24) is 19.4 Å². The molecule has 218 valence electrons. The topological polar surface area (TPSA) is 53.7 Å². The monoisotopic (exact) mass is 569 g/mol. The lowest BCUT2D eigenvalue weighted by molar-refractivity contribution is 0.130. The van der Waals surface area contributed by atoms with E-state index < -0.39 is 0 Å². The second kappa shape index (κ2) is 13.0. The maximum Gasteiger partial charge on any atom is 0.255 e. The fourth-order valence-electron chi connectivity index (χ4n) is 5.67. The second-order valence-corrected chi connectivity index (χ2v) is 11.0. The molecule has 0 saturated carbocycles. The van der Waals surface area contributed by atoms with Crippen LogP contribution < -0.4 is 5.56 Å². The average molecular weight is 570 g/mol. The Bertz CT molecular complexity index is 1850. The van der Waals surface area contributed by atoms with E-state index in [-0.39, 0.29) is 5.56 Å². The van der Waals surface area contributed by atoms with Gasteiger partial charge in [0, 0.05) is 84.6 Å². The van der Waals surface area contributed by atoms with Gasteiger partial charge in [-0.3, -0.25) is 24.2 Å². The molecule has 0 bridgehead atoms. The van der Waals surface area contributed by atoms with Crippen molar-refractivity contribution in [2.45, 2.75) is 26.8 Å². The third-order valence-corrected chi connectivity index (χ3v) is 8.18. The van der Waals surface area contributed by atoms with Crippen molar-refractivity contribution in [2.24, 2.45) is 4.99 Å². The van der Waals surface area contributed by atoms with Crippen molar-refractivity contribution in [3.05, 3.63) is 126 Å². The van der Waals surface area contributed by atoms with Crippen LogP contribution in [0.1, 0.15) is 31.9 Å². The van der Waals surface area contributed by atoms with Crippen molar-refractivity contribution >= 4 is 39.8 Å². The van der Waals surface area contributed by atoms with E-state index in [2.05, 4.69) is 85.6 Å². The van der Waals surface area contributed by atoms with Gasteiger partial charge in [0.2, 0.25) is 0 Å². The van der Waals surface area contributed by atoms with Crippen LogP contribution in [0.15, 0.2) is 114 Å². The number of rotatable bonds is 9. The lowest BCUT2D eigenvalue weighted by atomic mass is 9.97. The van der Waals surface area contributed by atoms with Crippen LogP contribution in [0.2, 0.25) is 0 Å². The van der Waals surface area contributed by atoms with Crippen molar-refractivity contribution < 1.29 is 0 Å². The molecule has 1 saturated heterocycles. The molecule has 1 aliphatic rings. The van der Waals surface area contributed by atoms with Gasteiger partial charge >= 0.3 is 0 Å². The third-order valence-electron chi connectivity index (χ3n) is 8.18. The summed E-state index contributed by atoms with van der Waals surface area (Å²) in [4.78, 5) is 27.3. The SMILES string of the molecule is C=CN=Cc1cc(-c2ccc3ncc4ccc(=O)n(/C(C=C)=C/C=C(\C)N5CCN(C(C)C)CC5)c4c3c2)ccc1C=C. The molecule has 0 unspecified atom stereocenters. The minimum atomic E-state index is -0.119. The van der Waals surface area contributed by atoms with Crippen LogP contribution in [0.25, 0.3) is 44.7 Å². The largest absolute Gasteiger partial charge is 0.372 e. The Morgan fingerprint density at radius 3 is 2.37 bits per heavy atom. The Kier molecular flexibility index (Phi) is 8.98. The van der Waals surface area contributed by atoms with Crippen LogP contribution in [0.4, 0.5) is 0 Å². The molecule has 4 aromatic rings. The highest BCUT2D eigenvalue weighted by molar-refractivity contribution is 6.06. The molecule has 43 heavy (non-hydrogen) atoms. The summed E-state index contributed by atoms with van der Waals surface area (Å²) in [6, 6.07) is 16.3. The molecule has 2 aromatic carbocycles.